The van der Waals surface area contributed by atoms with E-state index < -0.39 is 5.97 Å². The lowest BCUT2D eigenvalue weighted by atomic mass is 10.2. The van der Waals surface area contributed by atoms with Crippen molar-refractivity contribution in [2.24, 2.45) is 4.99 Å². The lowest BCUT2D eigenvalue weighted by molar-refractivity contribution is -0.129. The molecule has 0 saturated carbocycles. The number of carbonyl (C=O) groups excluding carboxylic acids is 1. The van der Waals surface area contributed by atoms with Gasteiger partial charge in [-0.2, -0.15) is 0 Å². The van der Waals surface area contributed by atoms with Crippen LogP contribution in [0.4, 0.5) is 0 Å². The molecule has 0 unspecified atom stereocenters. The van der Waals surface area contributed by atoms with E-state index >= 15 is 0 Å². The molecule has 4 nitrogen and oxygen atoms in total. The quantitative estimate of drug-likeness (QED) is 0.217. The summed E-state index contributed by atoms with van der Waals surface area (Å²) in [6.07, 6.45) is 1.67. The third kappa shape index (κ3) is 5.29. The number of carbonyl (C=O) groups is 1. The fourth-order valence-electron chi connectivity index (χ4n) is 2.85. The zero-order chi connectivity index (χ0) is 22.0. The Bertz CT molecular complexity index is 1200. The normalized spacial score (nSPS) is 14.5. The highest BCUT2D eigenvalue weighted by atomic mass is 79.9. The van der Waals surface area contributed by atoms with Gasteiger partial charge in [-0.25, -0.2) is 9.79 Å². The molecule has 1 aliphatic heterocycles. The van der Waals surface area contributed by atoms with Gasteiger partial charge in [-0.1, -0.05) is 35.9 Å². The molecule has 1 aliphatic rings. The van der Waals surface area contributed by atoms with E-state index in [2.05, 4.69) is 52.8 Å². The van der Waals surface area contributed by atoms with Crippen molar-refractivity contribution in [2.45, 2.75) is 6.61 Å². The summed E-state index contributed by atoms with van der Waals surface area (Å²) in [5.74, 6) is 0.425. The Morgan fingerprint density at radius 1 is 0.968 bits per heavy atom. The minimum atomic E-state index is -0.499. The van der Waals surface area contributed by atoms with Crippen LogP contribution in [0.25, 0.3) is 6.08 Å². The third-order valence-corrected chi connectivity index (χ3v) is 6.47. The monoisotopic (exact) mass is 623 g/mol. The number of benzene rings is 3. The standard InChI is InChI=1S/C23H13Br3ClNO3/c24-17-4-2-1-3-16(17)22-28-20(23(29)31-22)11-14-9-18(25)21(19(26)10-14)30-12-13-5-7-15(27)8-6-13/h1-11H,12H2/b20-11-. The number of halogens is 4. The molecule has 4 rings (SSSR count). The first-order valence-corrected chi connectivity index (χ1v) is 11.8. The average Bonchev–Trinajstić information content (AvgIpc) is 3.09. The Hall–Kier alpha value is -1.93. The molecule has 0 saturated heterocycles. The summed E-state index contributed by atoms with van der Waals surface area (Å²) in [5, 5.41) is 0.680. The predicted molar refractivity (Wildman–Crippen MR) is 132 cm³/mol. The van der Waals surface area contributed by atoms with E-state index in [-0.39, 0.29) is 11.6 Å². The van der Waals surface area contributed by atoms with Crippen LogP contribution >= 0.6 is 59.4 Å². The van der Waals surface area contributed by atoms with E-state index in [0.717, 1.165) is 24.5 Å². The molecule has 0 amide bonds. The van der Waals surface area contributed by atoms with Gasteiger partial charge in [0.2, 0.25) is 5.90 Å². The fraction of sp³-hybridized carbons (Fsp3) is 0.0435. The van der Waals surface area contributed by atoms with Crippen LogP contribution < -0.4 is 4.74 Å². The molecular formula is C23H13Br3ClNO3. The van der Waals surface area contributed by atoms with Gasteiger partial charge in [-0.3, -0.25) is 0 Å². The Kier molecular flexibility index (Phi) is 6.96. The van der Waals surface area contributed by atoms with Gasteiger partial charge in [0.25, 0.3) is 0 Å². The number of nitrogens with zero attached hydrogens (tertiary/aromatic N) is 1. The molecule has 3 aromatic rings. The van der Waals surface area contributed by atoms with Crippen LogP contribution in [0, 0.1) is 0 Å². The lowest BCUT2D eigenvalue weighted by Crippen LogP contribution is -2.05. The molecule has 0 aromatic heterocycles. The van der Waals surface area contributed by atoms with Crippen molar-refractivity contribution in [3.8, 4) is 5.75 Å². The van der Waals surface area contributed by atoms with Gasteiger partial charge in [0, 0.05) is 9.50 Å². The maximum atomic E-state index is 12.3. The molecule has 0 aliphatic carbocycles. The molecule has 0 N–H and O–H groups in total. The minimum Gasteiger partial charge on any atom is -0.487 e. The second-order valence-electron chi connectivity index (χ2n) is 6.54. The molecule has 0 fully saturated rings. The second kappa shape index (κ2) is 9.69. The number of hydrogen-bond donors (Lipinski definition) is 0. The topological polar surface area (TPSA) is 47.9 Å². The molecule has 3 aromatic carbocycles. The smallest absolute Gasteiger partial charge is 0.363 e. The van der Waals surface area contributed by atoms with Crippen molar-refractivity contribution < 1.29 is 14.3 Å². The van der Waals surface area contributed by atoms with Gasteiger partial charge in [-0.15, -0.1) is 0 Å². The maximum Gasteiger partial charge on any atom is 0.363 e. The van der Waals surface area contributed by atoms with E-state index in [4.69, 9.17) is 21.1 Å². The highest BCUT2D eigenvalue weighted by molar-refractivity contribution is 9.11. The minimum absolute atomic E-state index is 0.222. The highest BCUT2D eigenvalue weighted by Crippen LogP contribution is 2.36. The summed E-state index contributed by atoms with van der Waals surface area (Å²) >= 11 is 16.5. The van der Waals surface area contributed by atoms with Crippen LogP contribution in [0.1, 0.15) is 16.7 Å². The maximum absolute atomic E-state index is 12.3. The van der Waals surface area contributed by atoms with E-state index in [1.54, 1.807) is 6.08 Å². The first kappa shape index (κ1) is 22.3. The van der Waals surface area contributed by atoms with E-state index in [9.17, 15) is 4.79 Å². The van der Waals surface area contributed by atoms with Crippen LogP contribution in [0.15, 0.2) is 84.8 Å². The Balaban J connectivity index is 1.56. The van der Waals surface area contributed by atoms with Crippen molar-refractivity contribution in [3.63, 3.8) is 0 Å². The molecule has 31 heavy (non-hydrogen) atoms. The molecule has 156 valence electrons. The molecule has 0 radical (unpaired) electrons. The number of rotatable bonds is 5. The van der Waals surface area contributed by atoms with Crippen molar-refractivity contribution in [3.05, 3.63) is 101 Å². The Morgan fingerprint density at radius 3 is 2.32 bits per heavy atom. The van der Waals surface area contributed by atoms with Crippen LogP contribution in [-0.2, 0) is 16.1 Å². The number of ether oxygens (including phenoxy) is 2. The SMILES string of the molecule is O=C1OC(c2ccccc2Br)=N/C1=C\c1cc(Br)c(OCc2ccc(Cl)cc2)c(Br)c1. The van der Waals surface area contributed by atoms with Gasteiger partial charge >= 0.3 is 5.97 Å². The van der Waals surface area contributed by atoms with Crippen LogP contribution in [0.3, 0.4) is 0 Å². The zero-order valence-electron chi connectivity index (χ0n) is 15.7. The highest BCUT2D eigenvalue weighted by Gasteiger charge is 2.25. The molecule has 0 bridgehead atoms. The predicted octanol–water partition coefficient (Wildman–Crippen LogP) is 7.55. The van der Waals surface area contributed by atoms with Gasteiger partial charge < -0.3 is 9.47 Å². The van der Waals surface area contributed by atoms with Gasteiger partial charge in [0.05, 0.1) is 14.5 Å². The summed E-state index contributed by atoms with van der Waals surface area (Å²) in [6, 6.07) is 18.6. The number of aliphatic imine (C=N–C) groups is 1. The number of cyclic esters (lactones) is 1. The average molecular weight is 627 g/mol. The van der Waals surface area contributed by atoms with Gasteiger partial charge in [-0.05, 0) is 101 Å². The summed E-state index contributed by atoms with van der Waals surface area (Å²) in [5.41, 5.74) is 2.70. The van der Waals surface area contributed by atoms with Crippen molar-refractivity contribution >= 4 is 77.3 Å². The zero-order valence-corrected chi connectivity index (χ0v) is 21.3. The summed E-state index contributed by atoms with van der Waals surface area (Å²) in [6.45, 7) is 0.390. The Morgan fingerprint density at radius 2 is 1.65 bits per heavy atom. The summed E-state index contributed by atoms with van der Waals surface area (Å²) < 4.78 is 13.6. The van der Waals surface area contributed by atoms with Gasteiger partial charge in [0.15, 0.2) is 5.70 Å². The van der Waals surface area contributed by atoms with Gasteiger partial charge in [0.1, 0.15) is 12.4 Å². The largest absolute Gasteiger partial charge is 0.487 e. The molecule has 1 heterocycles. The van der Waals surface area contributed by atoms with Crippen molar-refractivity contribution in [1.29, 1.82) is 0 Å². The third-order valence-electron chi connectivity index (χ3n) is 4.35. The molecule has 0 atom stereocenters. The van der Waals surface area contributed by atoms with E-state index in [1.165, 1.54) is 0 Å². The number of hydrogen-bond acceptors (Lipinski definition) is 4. The van der Waals surface area contributed by atoms with Crippen LogP contribution in [0.5, 0.6) is 5.75 Å². The molecule has 0 spiro atoms. The van der Waals surface area contributed by atoms with E-state index in [0.29, 0.717) is 22.9 Å². The first-order chi connectivity index (χ1) is 14.9. The lowest BCUT2D eigenvalue weighted by Gasteiger charge is -2.11. The Labute approximate surface area is 209 Å². The number of esters is 1. The summed E-state index contributed by atoms with van der Waals surface area (Å²) in [7, 11) is 0. The summed E-state index contributed by atoms with van der Waals surface area (Å²) in [4.78, 5) is 16.7. The fourth-order valence-corrected chi connectivity index (χ4v) is 4.88. The van der Waals surface area contributed by atoms with Crippen LogP contribution in [-0.4, -0.2) is 11.9 Å². The second-order valence-corrected chi connectivity index (χ2v) is 9.54. The van der Waals surface area contributed by atoms with Crippen molar-refractivity contribution in [2.75, 3.05) is 0 Å². The molecule has 8 heteroatoms. The van der Waals surface area contributed by atoms with Crippen molar-refractivity contribution in [1.82, 2.24) is 0 Å². The molecular weight excluding hydrogens is 613 g/mol. The van der Waals surface area contributed by atoms with E-state index in [1.807, 2.05) is 60.7 Å². The van der Waals surface area contributed by atoms with Crippen LogP contribution in [0.2, 0.25) is 5.02 Å². The first-order valence-electron chi connectivity index (χ1n) is 9.04.